The summed E-state index contributed by atoms with van der Waals surface area (Å²) < 4.78 is 2.03. The number of nitrogens with one attached hydrogen (secondary N) is 1. The van der Waals surface area contributed by atoms with Crippen LogP contribution >= 0.6 is 0 Å². The summed E-state index contributed by atoms with van der Waals surface area (Å²) >= 11 is 0. The molecule has 0 radical (unpaired) electrons. The van der Waals surface area contributed by atoms with E-state index in [1.807, 2.05) is 11.7 Å². The number of aryl methyl sites for hydroxylation is 1. The van der Waals surface area contributed by atoms with Gasteiger partial charge in [-0.1, -0.05) is 6.92 Å². The number of aromatic nitrogens is 2. The summed E-state index contributed by atoms with van der Waals surface area (Å²) in [5, 5.41) is 8.12. The minimum atomic E-state index is 0.501. The fourth-order valence-electron chi connectivity index (χ4n) is 2.43. The van der Waals surface area contributed by atoms with Crippen molar-refractivity contribution in [2.45, 2.75) is 39.2 Å². The lowest BCUT2D eigenvalue weighted by Gasteiger charge is -2.07. The molecule has 2 heterocycles. The number of hydrogen-bond acceptors (Lipinski definition) is 2. The number of rotatable bonds is 2. The molecule has 0 aliphatic carbocycles. The van der Waals surface area contributed by atoms with Crippen LogP contribution in [0.25, 0.3) is 0 Å². The first-order chi connectivity index (χ1) is 6.74. The third-order valence-corrected chi connectivity index (χ3v) is 3.19. The van der Waals surface area contributed by atoms with Gasteiger partial charge in [0.2, 0.25) is 0 Å². The average Bonchev–Trinajstić information content (AvgIpc) is 2.74. The molecular formula is C11H19N3. The number of hydrogen-bond donors (Lipinski definition) is 1. The van der Waals surface area contributed by atoms with Crippen molar-refractivity contribution in [3.63, 3.8) is 0 Å². The third-order valence-electron chi connectivity index (χ3n) is 3.19. The first-order valence-electron chi connectivity index (χ1n) is 5.49. The Hall–Kier alpha value is -0.830. The predicted octanol–water partition coefficient (Wildman–Crippen LogP) is 1.72. The second kappa shape index (κ2) is 3.73. The Labute approximate surface area is 85.5 Å². The van der Waals surface area contributed by atoms with Crippen LogP contribution in [-0.4, -0.2) is 16.3 Å². The monoisotopic (exact) mass is 193 g/mol. The van der Waals surface area contributed by atoms with E-state index in [1.54, 1.807) is 0 Å². The fraction of sp³-hybridized carbons (Fsp3) is 0.727. The summed E-state index contributed by atoms with van der Waals surface area (Å²) in [5.41, 5.74) is 4.02. The SMILES string of the molecule is CCc1c(C)c(C2CCCN2)nn1C. The van der Waals surface area contributed by atoms with Gasteiger partial charge in [0.15, 0.2) is 0 Å². The van der Waals surface area contributed by atoms with E-state index in [-0.39, 0.29) is 0 Å². The molecule has 78 valence electrons. The first kappa shape index (κ1) is 9.71. The van der Waals surface area contributed by atoms with Gasteiger partial charge in [0.1, 0.15) is 0 Å². The minimum absolute atomic E-state index is 0.501. The van der Waals surface area contributed by atoms with Gasteiger partial charge in [0, 0.05) is 12.7 Å². The van der Waals surface area contributed by atoms with E-state index in [2.05, 4.69) is 24.3 Å². The molecule has 0 saturated carbocycles. The molecule has 1 unspecified atom stereocenters. The topological polar surface area (TPSA) is 29.9 Å². The van der Waals surface area contributed by atoms with Gasteiger partial charge in [0.05, 0.1) is 11.7 Å². The second-order valence-electron chi connectivity index (χ2n) is 4.08. The fourth-order valence-corrected chi connectivity index (χ4v) is 2.43. The summed E-state index contributed by atoms with van der Waals surface area (Å²) in [6.45, 7) is 5.53. The quantitative estimate of drug-likeness (QED) is 0.775. The Bertz CT molecular complexity index is 322. The summed E-state index contributed by atoms with van der Waals surface area (Å²) in [5.74, 6) is 0. The van der Waals surface area contributed by atoms with Crippen molar-refractivity contribution in [1.29, 1.82) is 0 Å². The maximum atomic E-state index is 4.62. The summed E-state index contributed by atoms with van der Waals surface area (Å²) in [4.78, 5) is 0. The maximum Gasteiger partial charge on any atom is 0.0825 e. The lowest BCUT2D eigenvalue weighted by molar-refractivity contribution is 0.601. The van der Waals surface area contributed by atoms with Gasteiger partial charge in [0.25, 0.3) is 0 Å². The van der Waals surface area contributed by atoms with Crippen LogP contribution < -0.4 is 5.32 Å². The zero-order valence-corrected chi connectivity index (χ0v) is 9.30. The molecule has 1 aliphatic rings. The zero-order valence-electron chi connectivity index (χ0n) is 9.30. The minimum Gasteiger partial charge on any atom is -0.309 e. The van der Waals surface area contributed by atoms with E-state index >= 15 is 0 Å². The molecule has 1 atom stereocenters. The van der Waals surface area contributed by atoms with Gasteiger partial charge < -0.3 is 5.32 Å². The Morgan fingerprint density at radius 1 is 1.57 bits per heavy atom. The molecule has 1 saturated heterocycles. The van der Waals surface area contributed by atoms with Crippen molar-refractivity contribution in [2.24, 2.45) is 7.05 Å². The molecule has 1 N–H and O–H groups in total. The molecule has 14 heavy (non-hydrogen) atoms. The predicted molar refractivity (Wildman–Crippen MR) is 57.3 cm³/mol. The third kappa shape index (κ3) is 1.46. The van der Waals surface area contributed by atoms with Crippen molar-refractivity contribution in [1.82, 2.24) is 15.1 Å². The van der Waals surface area contributed by atoms with Crippen molar-refractivity contribution >= 4 is 0 Å². The highest BCUT2D eigenvalue weighted by Crippen LogP contribution is 2.26. The van der Waals surface area contributed by atoms with Crippen LogP contribution in [0.2, 0.25) is 0 Å². The van der Waals surface area contributed by atoms with Gasteiger partial charge in [-0.15, -0.1) is 0 Å². The smallest absolute Gasteiger partial charge is 0.0825 e. The van der Waals surface area contributed by atoms with Crippen molar-refractivity contribution in [2.75, 3.05) is 6.54 Å². The second-order valence-corrected chi connectivity index (χ2v) is 4.08. The van der Waals surface area contributed by atoms with E-state index in [0.717, 1.165) is 13.0 Å². The van der Waals surface area contributed by atoms with Crippen LogP contribution in [0.5, 0.6) is 0 Å². The van der Waals surface area contributed by atoms with Gasteiger partial charge in [-0.2, -0.15) is 5.10 Å². The molecule has 1 fully saturated rings. The van der Waals surface area contributed by atoms with Crippen molar-refractivity contribution < 1.29 is 0 Å². The Balaban J connectivity index is 2.33. The summed E-state index contributed by atoms with van der Waals surface area (Å²) in [7, 11) is 2.05. The molecule has 3 heteroatoms. The zero-order chi connectivity index (χ0) is 10.1. The molecular weight excluding hydrogens is 174 g/mol. The van der Waals surface area contributed by atoms with E-state index in [9.17, 15) is 0 Å². The Morgan fingerprint density at radius 3 is 2.86 bits per heavy atom. The Morgan fingerprint density at radius 2 is 2.36 bits per heavy atom. The molecule has 1 aliphatic heterocycles. The molecule has 0 amide bonds. The van der Waals surface area contributed by atoms with Crippen LogP contribution in [0.3, 0.4) is 0 Å². The van der Waals surface area contributed by atoms with Crippen LogP contribution in [0.15, 0.2) is 0 Å². The standard InChI is InChI=1S/C11H19N3/c1-4-10-8(2)11(13-14(10)3)9-6-5-7-12-9/h9,12H,4-7H2,1-3H3. The number of nitrogens with zero attached hydrogens (tertiary/aromatic N) is 2. The highest BCUT2D eigenvalue weighted by Gasteiger charge is 2.22. The van der Waals surface area contributed by atoms with E-state index in [1.165, 1.54) is 29.8 Å². The highest BCUT2D eigenvalue weighted by molar-refractivity contribution is 5.27. The molecule has 1 aromatic rings. The summed E-state index contributed by atoms with van der Waals surface area (Å²) in [6.07, 6.45) is 3.59. The lowest BCUT2D eigenvalue weighted by atomic mass is 10.1. The largest absolute Gasteiger partial charge is 0.309 e. The molecule has 0 aromatic carbocycles. The van der Waals surface area contributed by atoms with E-state index in [0.29, 0.717) is 6.04 Å². The van der Waals surface area contributed by atoms with Crippen LogP contribution in [0.1, 0.15) is 42.8 Å². The molecule has 2 rings (SSSR count). The van der Waals surface area contributed by atoms with E-state index < -0.39 is 0 Å². The maximum absolute atomic E-state index is 4.62. The van der Waals surface area contributed by atoms with E-state index in [4.69, 9.17) is 0 Å². The molecule has 0 bridgehead atoms. The molecule has 3 nitrogen and oxygen atoms in total. The normalized spacial score (nSPS) is 21.8. The van der Waals surface area contributed by atoms with Gasteiger partial charge in [-0.05, 0) is 38.3 Å². The van der Waals surface area contributed by atoms with Crippen LogP contribution in [0.4, 0.5) is 0 Å². The van der Waals surface area contributed by atoms with Crippen LogP contribution in [-0.2, 0) is 13.5 Å². The van der Waals surface area contributed by atoms with Crippen LogP contribution in [0, 0.1) is 6.92 Å². The molecule has 0 spiro atoms. The summed E-state index contributed by atoms with van der Waals surface area (Å²) in [6, 6.07) is 0.501. The lowest BCUT2D eigenvalue weighted by Crippen LogP contribution is -2.14. The van der Waals surface area contributed by atoms with Gasteiger partial charge in [-0.25, -0.2) is 0 Å². The van der Waals surface area contributed by atoms with Crippen molar-refractivity contribution in [3.8, 4) is 0 Å². The van der Waals surface area contributed by atoms with Crippen molar-refractivity contribution in [3.05, 3.63) is 17.0 Å². The van der Waals surface area contributed by atoms with Gasteiger partial charge in [-0.3, -0.25) is 4.68 Å². The first-order valence-corrected chi connectivity index (χ1v) is 5.49. The Kier molecular flexibility index (Phi) is 2.59. The average molecular weight is 193 g/mol. The molecule has 1 aromatic heterocycles. The highest BCUT2D eigenvalue weighted by atomic mass is 15.3. The van der Waals surface area contributed by atoms with Gasteiger partial charge >= 0.3 is 0 Å².